The van der Waals surface area contributed by atoms with Gasteiger partial charge in [0.25, 0.3) is 0 Å². The Kier molecular flexibility index (Phi) is 31.5. The van der Waals surface area contributed by atoms with Gasteiger partial charge in [0.15, 0.2) is 11.5 Å². The summed E-state index contributed by atoms with van der Waals surface area (Å²) in [6.45, 7) is 8.80. The molecular formula is C49H81NO14. The van der Waals surface area contributed by atoms with Gasteiger partial charge in [-0.3, -0.25) is 19.2 Å². The van der Waals surface area contributed by atoms with E-state index in [4.69, 9.17) is 37.9 Å². The number of carbonyl (C=O) groups excluding carboxylic acids is 6. The topological polar surface area (TPSA) is 179 Å². The van der Waals surface area contributed by atoms with Gasteiger partial charge in [0.05, 0.1) is 71.4 Å². The number of unbranched alkanes of at least 4 members (excludes halogenated alkanes) is 15. The van der Waals surface area contributed by atoms with E-state index in [1.807, 2.05) is 19.0 Å². The molecule has 0 unspecified atom stereocenters. The summed E-state index contributed by atoms with van der Waals surface area (Å²) >= 11 is 0. The smallest absolute Gasteiger partial charge is 0.351 e. The lowest BCUT2D eigenvalue weighted by Gasteiger charge is -2.31. The van der Waals surface area contributed by atoms with Crippen molar-refractivity contribution in [2.75, 3.05) is 61.3 Å². The van der Waals surface area contributed by atoms with E-state index in [-0.39, 0.29) is 49.2 Å². The highest BCUT2D eigenvalue weighted by atomic mass is 16.6. The van der Waals surface area contributed by atoms with Gasteiger partial charge < -0.3 is 42.8 Å². The van der Waals surface area contributed by atoms with Crippen LogP contribution in [0.4, 0.5) is 0 Å². The van der Waals surface area contributed by atoms with Crippen LogP contribution in [0.3, 0.4) is 0 Å². The van der Waals surface area contributed by atoms with Gasteiger partial charge in [-0.1, -0.05) is 124 Å². The summed E-state index contributed by atoms with van der Waals surface area (Å²) in [5.74, 6) is -6.79. The summed E-state index contributed by atoms with van der Waals surface area (Å²) in [4.78, 5) is 83.1. The summed E-state index contributed by atoms with van der Waals surface area (Å²) in [6, 6.07) is 2.69. The second-order valence-corrected chi connectivity index (χ2v) is 16.7. The Balaban J connectivity index is 3.33. The molecule has 0 radical (unpaired) electrons. The monoisotopic (exact) mass is 908 g/mol. The number of benzene rings is 1. The van der Waals surface area contributed by atoms with Crippen LogP contribution in [0.15, 0.2) is 12.1 Å². The van der Waals surface area contributed by atoms with Crippen molar-refractivity contribution in [3.05, 3.63) is 17.7 Å². The Hall–Kier alpha value is -4.40. The molecule has 0 saturated heterocycles. The van der Waals surface area contributed by atoms with Gasteiger partial charge in [-0.05, 0) is 51.9 Å². The standard InChI is InChI=1S/C49H81NO14/c1-9-12-15-18-21-24-29-59-43(52)36-49(48(56)62-31-26-23-20-17-14-11-3,37-44(53)60-30-25-22-19-16-13-10-2)64-46(54)38(4)33-42(51)63-45-40(57-7)34-39(35-41(45)58-8)47(55)61-32-27-28-50(5)6/h34-35,38H,9-33,36-37H2,1-8H3/t38-/m1/s1. The summed E-state index contributed by atoms with van der Waals surface area (Å²) < 4.78 is 44.4. The average molecular weight is 908 g/mol. The van der Waals surface area contributed by atoms with E-state index in [9.17, 15) is 28.8 Å². The molecular weight excluding hydrogens is 827 g/mol. The van der Waals surface area contributed by atoms with Crippen molar-refractivity contribution in [2.24, 2.45) is 5.92 Å². The molecule has 0 aromatic heterocycles. The molecule has 0 heterocycles. The number of rotatable bonds is 38. The number of ether oxygens (including phenoxy) is 8. The molecule has 0 fully saturated rings. The summed E-state index contributed by atoms with van der Waals surface area (Å²) in [7, 11) is 6.47. The minimum Gasteiger partial charge on any atom is -0.493 e. The molecule has 15 nitrogen and oxygen atoms in total. The van der Waals surface area contributed by atoms with E-state index in [0.29, 0.717) is 25.7 Å². The Morgan fingerprint density at radius 2 is 0.984 bits per heavy atom. The molecule has 0 saturated carbocycles. The van der Waals surface area contributed by atoms with Gasteiger partial charge in [0.2, 0.25) is 11.4 Å². The average Bonchev–Trinajstić information content (AvgIpc) is 3.26. The Bertz CT molecular complexity index is 1450. The largest absolute Gasteiger partial charge is 0.493 e. The number of carbonyl (C=O) groups is 6. The van der Waals surface area contributed by atoms with Crippen molar-refractivity contribution in [1.82, 2.24) is 4.90 Å². The van der Waals surface area contributed by atoms with Crippen LogP contribution in [-0.4, -0.2) is 108 Å². The molecule has 1 atom stereocenters. The second kappa shape index (κ2) is 34.9. The highest BCUT2D eigenvalue weighted by Crippen LogP contribution is 2.39. The van der Waals surface area contributed by atoms with Crippen molar-refractivity contribution < 1.29 is 66.7 Å². The molecule has 15 heteroatoms. The molecule has 0 spiro atoms. The summed E-state index contributed by atoms with van der Waals surface area (Å²) in [5, 5.41) is 0. The van der Waals surface area contributed by atoms with E-state index in [2.05, 4.69) is 20.8 Å². The van der Waals surface area contributed by atoms with Crippen molar-refractivity contribution in [3.63, 3.8) is 0 Å². The molecule has 0 aliphatic carbocycles. The van der Waals surface area contributed by atoms with Crippen LogP contribution in [0.2, 0.25) is 0 Å². The van der Waals surface area contributed by atoms with E-state index >= 15 is 0 Å². The molecule has 1 aromatic rings. The highest BCUT2D eigenvalue weighted by molar-refractivity contribution is 5.94. The van der Waals surface area contributed by atoms with Gasteiger partial charge in [-0.2, -0.15) is 0 Å². The minimum absolute atomic E-state index is 0.00533. The number of hydrogen-bond donors (Lipinski definition) is 0. The minimum atomic E-state index is -2.43. The number of esters is 6. The lowest BCUT2D eigenvalue weighted by Crippen LogP contribution is -2.49. The Labute approximate surface area is 383 Å². The zero-order chi connectivity index (χ0) is 47.6. The van der Waals surface area contributed by atoms with Crippen molar-refractivity contribution in [2.45, 2.75) is 175 Å². The fourth-order valence-corrected chi connectivity index (χ4v) is 6.71. The van der Waals surface area contributed by atoms with Gasteiger partial charge in [0.1, 0.15) is 0 Å². The SMILES string of the molecule is CCCCCCCCOC(=O)CC(CC(=O)OCCCCCCCC)(OC(=O)[C@H](C)CC(=O)Oc1c(OC)cc(C(=O)OCCCN(C)C)cc1OC)C(=O)OCCCCCCCC. The first-order valence-electron chi connectivity index (χ1n) is 23.8. The molecule has 1 rings (SSSR count). The molecule has 0 aliphatic heterocycles. The second-order valence-electron chi connectivity index (χ2n) is 16.7. The van der Waals surface area contributed by atoms with Gasteiger partial charge in [-0.15, -0.1) is 0 Å². The number of hydrogen-bond acceptors (Lipinski definition) is 15. The molecule has 0 N–H and O–H groups in total. The molecule has 64 heavy (non-hydrogen) atoms. The van der Waals surface area contributed by atoms with E-state index in [0.717, 1.165) is 103 Å². The predicted octanol–water partition coefficient (Wildman–Crippen LogP) is 9.52. The normalized spacial score (nSPS) is 11.7. The van der Waals surface area contributed by atoms with Crippen molar-refractivity contribution in [1.29, 1.82) is 0 Å². The lowest BCUT2D eigenvalue weighted by molar-refractivity contribution is -0.193. The maximum absolute atomic E-state index is 14.1. The summed E-state index contributed by atoms with van der Waals surface area (Å²) in [6.07, 6.45) is 15.4. The van der Waals surface area contributed by atoms with Crippen molar-refractivity contribution in [3.8, 4) is 17.2 Å². The van der Waals surface area contributed by atoms with Crippen LogP contribution in [0.1, 0.15) is 179 Å². The van der Waals surface area contributed by atoms with Crippen LogP contribution in [0.5, 0.6) is 17.2 Å². The fraction of sp³-hybridized carbons (Fsp3) is 0.755. The van der Waals surface area contributed by atoms with Gasteiger partial charge in [0, 0.05) is 6.54 Å². The third-order valence-electron chi connectivity index (χ3n) is 10.6. The van der Waals surface area contributed by atoms with Gasteiger partial charge in [-0.25, -0.2) is 9.59 Å². The van der Waals surface area contributed by atoms with E-state index < -0.39 is 66.6 Å². The maximum atomic E-state index is 14.1. The quantitative estimate of drug-likeness (QED) is 0.0265. The van der Waals surface area contributed by atoms with Crippen LogP contribution in [0.25, 0.3) is 0 Å². The summed E-state index contributed by atoms with van der Waals surface area (Å²) in [5.41, 5.74) is -2.33. The van der Waals surface area contributed by atoms with Crippen LogP contribution >= 0.6 is 0 Å². The predicted molar refractivity (Wildman–Crippen MR) is 243 cm³/mol. The molecule has 366 valence electrons. The van der Waals surface area contributed by atoms with Crippen LogP contribution in [-0.2, 0) is 47.7 Å². The van der Waals surface area contributed by atoms with Gasteiger partial charge >= 0.3 is 35.8 Å². The first kappa shape index (κ1) is 57.6. The third kappa shape index (κ3) is 24.6. The van der Waals surface area contributed by atoms with E-state index in [1.54, 1.807) is 0 Å². The maximum Gasteiger partial charge on any atom is 0.351 e. The first-order chi connectivity index (χ1) is 30.8. The molecule has 0 bridgehead atoms. The fourth-order valence-electron chi connectivity index (χ4n) is 6.71. The zero-order valence-corrected chi connectivity index (χ0v) is 40.5. The highest BCUT2D eigenvalue weighted by Gasteiger charge is 2.50. The Morgan fingerprint density at radius 1 is 0.562 bits per heavy atom. The number of nitrogens with zero attached hydrogens (tertiary/aromatic N) is 1. The van der Waals surface area contributed by atoms with Crippen molar-refractivity contribution >= 4 is 35.8 Å². The van der Waals surface area contributed by atoms with Crippen LogP contribution < -0.4 is 14.2 Å². The lowest BCUT2D eigenvalue weighted by atomic mass is 9.94. The van der Waals surface area contributed by atoms with Crippen LogP contribution in [0, 0.1) is 5.92 Å². The zero-order valence-electron chi connectivity index (χ0n) is 40.5. The molecule has 1 aromatic carbocycles. The molecule has 0 aliphatic rings. The van der Waals surface area contributed by atoms with E-state index in [1.165, 1.54) is 33.3 Å². The first-order valence-corrected chi connectivity index (χ1v) is 23.8. The molecule has 0 amide bonds. The number of methoxy groups -OCH3 is 2. The Morgan fingerprint density at radius 3 is 1.42 bits per heavy atom. The third-order valence-corrected chi connectivity index (χ3v) is 10.6.